The van der Waals surface area contributed by atoms with Crippen LogP contribution in [0.2, 0.25) is 10.0 Å². The highest BCUT2D eigenvalue weighted by Gasteiger charge is 2.22. The fourth-order valence-corrected chi connectivity index (χ4v) is 2.48. The highest BCUT2D eigenvalue weighted by molar-refractivity contribution is 6.31. The van der Waals surface area contributed by atoms with E-state index in [9.17, 15) is 0 Å². The zero-order valence-corrected chi connectivity index (χ0v) is 11.0. The Bertz CT molecular complexity index is 586. The molecule has 0 spiro atoms. The van der Waals surface area contributed by atoms with E-state index in [2.05, 4.69) is 5.32 Å². The number of anilines is 1. The van der Waals surface area contributed by atoms with Crippen LogP contribution in [-0.2, 0) is 0 Å². The highest BCUT2D eigenvalue weighted by atomic mass is 35.5. The number of ether oxygens (including phenoxy) is 1. The molecule has 1 N–H and O–H groups in total. The van der Waals surface area contributed by atoms with Crippen molar-refractivity contribution in [2.24, 2.45) is 0 Å². The van der Waals surface area contributed by atoms with Gasteiger partial charge in [0.1, 0.15) is 11.9 Å². The normalized spacial score (nSPS) is 17.6. The summed E-state index contributed by atoms with van der Waals surface area (Å²) in [6.45, 7) is 0.678. The third-order valence-corrected chi connectivity index (χ3v) is 3.52. The highest BCUT2D eigenvalue weighted by Crippen LogP contribution is 2.37. The van der Waals surface area contributed by atoms with E-state index in [0.717, 1.165) is 22.0 Å². The van der Waals surface area contributed by atoms with Gasteiger partial charge in [-0.25, -0.2) is 0 Å². The van der Waals surface area contributed by atoms with Crippen molar-refractivity contribution in [3.63, 3.8) is 0 Å². The van der Waals surface area contributed by atoms with Crippen LogP contribution in [-0.4, -0.2) is 6.54 Å². The van der Waals surface area contributed by atoms with Gasteiger partial charge in [-0.3, -0.25) is 0 Å². The lowest BCUT2D eigenvalue weighted by Gasteiger charge is -2.28. The molecule has 0 aliphatic carbocycles. The molecular weight excluding hydrogens is 269 g/mol. The average Bonchev–Trinajstić information content (AvgIpc) is 2.39. The van der Waals surface area contributed by atoms with Gasteiger partial charge in [0, 0.05) is 15.6 Å². The van der Waals surface area contributed by atoms with E-state index in [1.807, 2.05) is 42.5 Å². The van der Waals surface area contributed by atoms with E-state index in [4.69, 9.17) is 27.9 Å². The first-order chi connectivity index (χ1) is 8.74. The zero-order valence-electron chi connectivity index (χ0n) is 9.49. The molecule has 2 nitrogen and oxygen atoms in total. The maximum absolute atomic E-state index is 6.18. The molecule has 1 aliphatic heterocycles. The number of halogens is 2. The van der Waals surface area contributed by atoms with Gasteiger partial charge in [0.2, 0.25) is 0 Å². The Kier molecular flexibility index (Phi) is 3.06. The Morgan fingerprint density at radius 2 is 1.94 bits per heavy atom. The maximum Gasteiger partial charge on any atom is 0.143 e. The lowest BCUT2D eigenvalue weighted by molar-refractivity contribution is 0.210. The topological polar surface area (TPSA) is 21.3 Å². The van der Waals surface area contributed by atoms with E-state index in [1.165, 1.54) is 0 Å². The molecule has 92 valence electrons. The van der Waals surface area contributed by atoms with Crippen molar-refractivity contribution < 1.29 is 4.74 Å². The Hall–Kier alpha value is -1.38. The lowest BCUT2D eigenvalue weighted by Crippen LogP contribution is -2.23. The summed E-state index contributed by atoms with van der Waals surface area (Å²) in [5, 5.41) is 4.73. The quantitative estimate of drug-likeness (QED) is 0.828. The fraction of sp³-hybridized carbons (Fsp3) is 0.143. The van der Waals surface area contributed by atoms with Crippen LogP contribution in [0, 0.1) is 0 Å². The number of hydrogen-bond acceptors (Lipinski definition) is 2. The SMILES string of the molecule is Clc1ccc2c(c1)NCC(c1ccccc1Cl)O2. The van der Waals surface area contributed by atoms with Gasteiger partial charge in [-0.1, -0.05) is 41.4 Å². The smallest absolute Gasteiger partial charge is 0.143 e. The molecule has 0 radical (unpaired) electrons. The molecule has 3 rings (SSSR count). The Labute approximate surface area is 115 Å². The molecular formula is C14H11Cl2NO. The molecule has 0 amide bonds. The van der Waals surface area contributed by atoms with Crippen LogP contribution in [0.3, 0.4) is 0 Å². The lowest BCUT2D eigenvalue weighted by atomic mass is 10.1. The molecule has 2 aromatic carbocycles. The first-order valence-electron chi connectivity index (χ1n) is 5.68. The van der Waals surface area contributed by atoms with Gasteiger partial charge >= 0.3 is 0 Å². The van der Waals surface area contributed by atoms with Gasteiger partial charge in [-0.05, 0) is 24.3 Å². The van der Waals surface area contributed by atoms with Crippen molar-refractivity contribution in [2.45, 2.75) is 6.10 Å². The summed E-state index contributed by atoms with van der Waals surface area (Å²) in [7, 11) is 0. The summed E-state index contributed by atoms with van der Waals surface area (Å²) >= 11 is 12.1. The van der Waals surface area contributed by atoms with E-state index in [0.29, 0.717) is 11.6 Å². The summed E-state index contributed by atoms with van der Waals surface area (Å²) in [5.41, 5.74) is 1.91. The summed E-state index contributed by atoms with van der Waals surface area (Å²) in [4.78, 5) is 0. The Morgan fingerprint density at radius 1 is 1.11 bits per heavy atom. The predicted octanol–water partition coefficient (Wildman–Crippen LogP) is 4.54. The van der Waals surface area contributed by atoms with Gasteiger partial charge in [0.15, 0.2) is 0 Å². The second kappa shape index (κ2) is 4.71. The van der Waals surface area contributed by atoms with Gasteiger partial charge in [0.25, 0.3) is 0 Å². The minimum absolute atomic E-state index is 0.0765. The van der Waals surface area contributed by atoms with Crippen molar-refractivity contribution in [2.75, 3.05) is 11.9 Å². The molecule has 18 heavy (non-hydrogen) atoms. The number of hydrogen-bond donors (Lipinski definition) is 1. The van der Waals surface area contributed by atoms with Crippen molar-refractivity contribution in [3.8, 4) is 5.75 Å². The van der Waals surface area contributed by atoms with E-state index in [-0.39, 0.29) is 6.10 Å². The average molecular weight is 280 g/mol. The van der Waals surface area contributed by atoms with Crippen molar-refractivity contribution >= 4 is 28.9 Å². The maximum atomic E-state index is 6.18. The monoisotopic (exact) mass is 279 g/mol. The molecule has 1 atom stereocenters. The van der Waals surface area contributed by atoms with Crippen LogP contribution in [0.25, 0.3) is 0 Å². The van der Waals surface area contributed by atoms with Crippen LogP contribution in [0.4, 0.5) is 5.69 Å². The molecule has 1 heterocycles. The minimum Gasteiger partial charge on any atom is -0.482 e. The molecule has 1 aliphatic rings. The Balaban J connectivity index is 1.92. The molecule has 0 fully saturated rings. The predicted molar refractivity (Wildman–Crippen MR) is 74.8 cm³/mol. The van der Waals surface area contributed by atoms with Crippen molar-refractivity contribution in [1.82, 2.24) is 0 Å². The number of rotatable bonds is 1. The van der Waals surface area contributed by atoms with Crippen LogP contribution in [0.1, 0.15) is 11.7 Å². The molecule has 0 saturated carbocycles. The van der Waals surface area contributed by atoms with Crippen LogP contribution in [0.15, 0.2) is 42.5 Å². The molecule has 4 heteroatoms. The van der Waals surface area contributed by atoms with Gasteiger partial charge < -0.3 is 10.1 Å². The van der Waals surface area contributed by atoms with Crippen LogP contribution < -0.4 is 10.1 Å². The van der Waals surface area contributed by atoms with E-state index >= 15 is 0 Å². The van der Waals surface area contributed by atoms with Gasteiger partial charge in [-0.2, -0.15) is 0 Å². The van der Waals surface area contributed by atoms with Crippen LogP contribution in [0.5, 0.6) is 5.75 Å². The Morgan fingerprint density at radius 3 is 2.78 bits per heavy atom. The number of nitrogens with one attached hydrogen (secondary N) is 1. The van der Waals surface area contributed by atoms with Crippen LogP contribution >= 0.6 is 23.2 Å². The van der Waals surface area contributed by atoms with Crippen molar-refractivity contribution in [1.29, 1.82) is 0 Å². The summed E-state index contributed by atoms with van der Waals surface area (Å²) in [5.74, 6) is 0.801. The molecule has 2 aromatic rings. The standard InChI is InChI=1S/C14H11Cl2NO/c15-9-5-6-13-12(7-9)17-8-14(18-13)10-3-1-2-4-11(10)16/h1-7,14,17H,8H2. The zero-order chi connectivity index (χ0) is 12.5. The fourth-order valence-electron chi connectivity index (χ4n) is 2.05. The minimum atomic E-state index is -0.0765. The van der Waals surface area contributed by atoms with E-state index in [1.54, 1.807) is 0 Å². The van der Waals surface area contributed by atoms with E-state index < -0.39 is 0 Å². The largest absolute Gasteiger partial charge is 0.482 e. The van der Waals surface area contributed by atoms with Gasteiger partial charge in [-0.15, -0.1) is 0 Å². The second-order valence-corrected chi connectivity index (χ2v) is 4.99. The summed E-state index contributed by atoms with van der Waals surface area (Å²) in [6.07, 6.45) is -0.0765. The number of fused-ring (bicyclic) bond motifs is 1. The van der Waals surface area contributed by atoms with Crippen molar-refractivity contribution in [3.05, 3.63) is 58.1 Å². The first-order valence-corrected chi connectivity index (χ1v) is 6.44. The molecule has 0 bridgehead atoms. The molecule has 0 aromatic heterocycles. The summed E-state index contributed by atoms with van der Waals surface area (Å²) in [6, 6.07) is 13.3. The second-order valence-electron chi connectivity index (χ2n) is 4.15. The third kappa shape index (κ3) is 2.14. The third-order valence-electron chi connectivity index (χ3n) is 2.94. The number of benzene rings is 2. The molecule has 1 unspecified atom stereocenters. The molecule has 0 saturated heterocycles. The first kappa shape index (κ1) is 11.7. The van der Waals surface area contributed by atoms with Gasteiger partial charge in [0.05, 0.1) is 12.2 Å². The summed E-state index contributed by atoms with van der Waals surface area (Å²) < 4.78 is 5.95.